The van der Waals surface area contributed by atoms with Gasteiger partial charge in [-0.25, -0.2) is 0 Å². The second kappa shape index (κ2) is 57.8. The number of carbonyl (C=O) groups is 1. The normalized spacial score (nSPS) is 19.4. The van der Waals surface area contributed by atoms with Crippen LogP contribution in [0, 0.1) is 0 Å². The lowest BCUT2D eigenvalue weighted by Gasteiger charge is -2.40. The second-order valence-corrected chi connectivity index (χ2v) is 21.8. The molecule has 0 saturated carbocycles. The third kappa shape index (κ3) is 46.9. The molecule has 0 bridgehead atoms. The molecule has 0 spiro atoms. The molecular weight excluding hydrogens is 983 g/mol. The number of aliphatic hydroxyl groups is 5. The molecule has 0 aromatic rings. The highest BCUT2D eigenvalue weighted by Crippen LogP contribution is 2.23. The average molecular weight is 1100 g/mol. The highest BCUT2D eigenvalue weighted by Gasteiger charge is 2.44. The number of hydrogen-bond acceptors (Lipinski definition) is 8. The van der Waals surface area contributed by atoms with E-state index in [4.69, 9.17) is 9.47 Å². The van der Waals surface area contributed by atoms with Gasteiger partial charge in [-0.3, -0.25) is 4.79 Å². The van der Waals surface area contributed by atoms with Crippen LogP contribution in [0.3, 0.4) is 0 Å². The quantitative estimate of drug-likeness (QED) is 0.0261. The van der Waals surface area contributed by atoms with Crippen molar-refractivity contribution in [2.75, 3.05) is 13.2 Å². The molecule has 1 heterocycles. The minimum atomic E-state index is -1.58. The maximum Gasteiger partial charge on any atom is 0.220 e. The lowest BCUT2D eigenvalue weighted by molar-refractivity contribution is -0.302. The molecule has 1 amide bonds. The molecular formula is C70H119NO8. The zero-order valence-electron chi connectivity index (χ0n) is 50.3. The van der Waals surface area contributed by atoms with Crippen LogP contribution in [-0.2, 0) is 14.3 Å². The van der Waals surface area contributed by atoms with Gasteiger partial charge in [-0.1, -0.05) is 270 Å². The Kier molecular flexibility index (Phi) is 53.9. The Hall–Kier alpha value is -3.41. The first-order valence-electron chi connectivity index (χ1n) is 32.3. The molecule has 0 radical (unpaired) electrons. The maximum absolute atomic E-state index is 13.1. The molecule has 1 aliphatic heterocycles. The summed E-state index contributed by atoms with van der Waals surface area (Å²) in [5.74, 6) is -0.195. The highest BCUT2D eigenvalue weighted by atomic mass is 16.7. The first-order chi connectivity index (χ1) is 38.8. The van der Waals surface area contributed by atoms with Crippen LogP contribution in [0.5, 0.6) is 0 Å². The van der Waals surface area contributed by atoms with Crippen LogP contribution in [0.15, 0.2) is 122 Å². The van der Waals surface area contributed by atoms with Crippen LogP contribution >= 0.6 is 0 Å². The van der Waals surface area contributed by atoms with Crippen molar-refractivity contribution < 1.29 is 39.8 Å². The van der Waals surface area contributed by atoms with Gasteiger partial charge in [0.25, 0.3) is 0 Å². The SMILES string of the molecule is CC/C=C\C/C=C\C/C=C\C/C=C\C/C=C\C/C=C\C/C=C\CCCCCCCCCCCCCCCC(=O)NC(COC1OC(CO)C(O)C(O)C1O)C(O)/C=C/CC/C=C/CC/C=C/CCCCCCCCCCCCC. The first kappa shape index (κ1) is 73.6. The van der Waals surface area contributed by atoms with Gasteiger partial charge >= 0.3 is 0 Å². The van der Waals surface area contributed by atoms with Crippen LogP contribution in [0.25, 0.3) is 0 Å². The largest absolute Gasteiger partial charge is 0.394 e. The van der Waals surface area contributed by atoms with Crippen molar-refractivity contribution in [1.29, 1.82) is 0 Å². The van der Waals surface area contributed by atoms with Gasteiger partial charge in [-0.2, -0.15) is 0 Å². The van der Waals surface area contributed by atoms with E-state index in [2.05, 4.69) is 129 Å². The van der Waals surface area contributed by atoms with Gasteiger partial charge in [-0.05, 0) is 103 Å². The van der Waals surface area contributed by atoms with Gasteiger partial charge in [-0.15, -0.1) is 0 Å². The van der Waals surface area contributed by atoms with Gasteiger partial charge in [0.1, 0.15) is 24.4 Å². The Morgan fingerprint density at radius 1 is 0.443 bits per heavy atom. The van der Waals surface area contributed by atoms with E-state index in [0.29, 0.717) is 6.42 Å². The van der Waals surface area contributed by atoms with Crippen molar-refractivity contribution in [2.24, 2.45) is 0 Å². The fourth-order valence-electron chi connectivity index (χ4n) is 9.46. The summed E-state index contributed by atoms with van der Waals surface area (Å²) in [5.41, 5.74) is 0. The molecule has 79 heavy (non-hydrogen) atoms. The number of unbranched alkanes of at least 4 members (excludes halogenated alkanes) is 26. The molecule has 9 nitrogen and oxygen atoms in total. The lowest BCUT2D eigenvalue weighted by atomic mass is 9.99. The topological polar surface area (TPSA) is 149 Å². The summed E-state index contributed by atoms with van der Waals surface area (Å²) in [6.07, 6.45) is 79.9. The summed E-state index contributed by atoms with van der Waals surface area (Å²) in [7, 11) is 0. The van der Waals surface area contributed by atoms with Crippen LogP contribution in [0.1, 0.15) is 258 Å². The van der Waals surface area contributed by atoms with Gasteiger partial charge in [0.05, 0.1) is 25.4 Å². The molecule has 1 aliphatic rings. The summed E-state index contributed by atoms with van der Waals surface area (Å²) < 4.78 is 11.3. The third-order valence-corrected chi connectivity index (χ3v) is 14.5. The monoisotopic (exact) mass is 1100 g/mol. The molecule has 7 unspecified atom stereocenters. The van der Waals surface area contributed by atoms with Crippen molar-refractivity contribution in [3.63, 3.8) is 0 Å². The van der Waals surface area contributed by atoms with E-state index in [9.17, 15) is 30.3 Å². The van der Waals surface area contributed by atoms with Crippen LogP contribution in [0.2, 0.25) is 0 Å². The predicted octanol–water partition coefficient (Wildman–Crippen LogP) is 17.1. The molecule has 452 valence electrons. The van der Waals surface area contributed by atoms with E-state index >= 15 is 0 Å². The van der Waals surface area contributed by atoms with Gasteiger partial charge in [0, 0.05) is 6.42 Å². The third-order valence-electron chi connectivity index (χ3n) is 14.5. The fraction of sp³-hybridized carbons (Fsp3) is 0.700. The van der Waals surface area contributed by atoms with E-state index in [-0.39, 0.29) is 12.5 Å². The van der Waals surface area contributed by atoms with E-state index in [0.717, 1.165) is 96.3 Å². The Balaban J connectivity index is 2.19. The molecule has 0 aliphatic carbocycles. The fourth-order valence-corrected chi connectivity index (χ4v) is 9.46. The molecule has 1 rings (SSSR count). The Bertz CT molecular complexity index is 1660. The molecule has 6 N–H and O–H groups in total. The van der Waals surface area contributed by atoms with Crippen LogP contribution in [-0.4, -0.2) is 87.5 Å². The van der Waals surface area contributed by atoms with Gasteiger partial charge in [0.2, 0.25) is 5.91 Å². The molecule has 1 fully saturated rings. The van der Waals surface area contributed by atoms with Crippen molar-refractivity contribution in [1.82, 2.24) is 5.32 Å². The van der Waals surface area contributed by atoms with E-state index in [1.54, 1.807) is 6.08 Å². The Morgan fingerprint density at radius 3 is 1.22 bits per heavy atom. The number of carbonyl (C=O) groups excluding carboxylic acids is 1. The molecule has 7 atom stereocenters. The number of allylic oxidation sites excluding steroid dienone is 19. The zero-order valence-corrected chi connectivity index (χ0v) is 50.3. The first-order valence-corrected chi connectivity index (χ1v) is 32.3. The lowest BCUT2D eigenvalue weighted by Crippen LogP contribution is -2.60. The minimum Gasteiger partial charge on any atom is -0.394 e. The molecule has 0 aromatic carbocycles. The van der Waals surface area contributed by atoms with Gasteiger partial charge in [0.15, 0.2) is 6.29 Å². The second-order valence-electron chi connectivity index (χ2n) is 21.8. The minimum absolute atomic E-state index is 0.195. The van der Waals surface area contributed by atoms with Crippen molar-refractivity contribution in [3.05, 3.63) is 122 Å². The number of amides is 1. The van der Waals surface area contributed by atoms with E-state index < -0.39 is 49.5 Å². The Labute approximate surface area is 484 Å². The van der Waals surface area contributed by atoms with Crippen molar-refractivity contribution in [2.45, 2.75) is 301 Å². The molecule has 0 aromatic heterocycles. The smallest absolute Gasteiger partial charge is 0.220 e. The van der Waals surface area contributed by atoms with Crippen molar-refractivity contribution >= 4 is 5.91 Å². The van der Waals surface area contributed by atoms with Crippen LogP contribution < -0.4 is 5.32 Å². The molecule has 1 saturated heterocycles. The van der Waals surface area contributed by atoms with E-state index in [1.807, 2.05) is 6.08 Å². The number of aliphatic hydroxyl groups excluding tert-OH is 5. The average Bonchev–Trinajstić information content (AvgIpc) is 3.47. The number of hydrogen-bond donors (Lipinski definition) is 6. The number of nitrogens with one attached hydrogen (secondary N) is 1. The van der Waals surface area contributed by atoms with Crippen LogP contribution in [0.4, 0.5) is 0 Å². The van der Waals surface area contributed by atoms with E-state index in [1.165, 1.54) is 141 Å². The van der Waals surface area contributed by atoms with Gasteiger partial charge < -0.3 is 40.3 Å². The number of ether oxygens (including phenoxy) is 2. The summed E-state index contributed by atoms with van der Waals surface area (Å²) in [6.45, 7) is 3.65. The standard InChI is InChI=1S/C70H119NO8/c1-3-5-7-9-11-13-15-17-19-21-23-25-26-27-28-29-30-31-32-33-34-35-36-37-38-40-42-44-46-48-50-52-54-56-58-60-66(74)71-63(62-78-70-69(77)68(76)67(75)65(61-72)79-70)64(73)59-57-55-53-51-49-47-45-43-41-39-24-22-20-18-16-14-12-10-8-6-4-2/h5,7,11,13,17,19,23,25,27-28,30-31,33-34,41,43,49,51,57,59,63-65,67-70,72-73,75-77H,3-4,6,8-10,12,14-16,18,20-22,24,26,29,32,35-40,42,44-48,50,52-56,58,60-62H2,1-2H3,(H,71,74)/b7-5-,13-11-,19-17-,25-23-,28-27-,31-30-,34-33-,43-41+,51-49+,59-57+. The predicted molar refractivity (Wildman–Crippen MR) is 336 cm³/mol. The Morgan fingerprint density at radius 2 is 0.797 bits per heavy atom. The molecule has 9 heteroatoms. The number of rotatable bonds is 54. The zero-order chi connectivity index (χ0) is 57.2. The summed E-state index contributed by atoms with van der Waals surface area (Å²) in [4.78, 5) is 13.1. The summed E-state index contributed by atoms with van der Waals surface area (Å²) in [6, 6.07) is -0.837. The maximum atomic E-state index is 13.1. The summed E-state index contributed by atoms with van der Waals surface area (Å²) >= 11 is 0. The highest BCUT2D eigenvalue weighted by molar-refractivity contribution is 5.76. The van der Waals surface area contributed by atoms with Crippen molar-refractivity contribution in [3.8, 4) is 0 Å². The summed E-state index contributed by atoms with van der Waals surface area (Å²) in [5, 5.41) is 54.6.